The van der Waals surface area contributed by atoms with Crippen molar-refractivity contribution >= 4 is 23.1 Å². The molecule has 0 spiro atoms. The largest absolute Gasteiger partial charge is 0.256 e. The van der Waals surface area contributed by atoms with Gasteiger partial charge in [-0.1, -0.05) is 11.8 Å². The Labute approximate surface area is 63.0 Å². The SMILES string of the molecule is CSC1=NC(C#N)C=NN1. The molecule has 1 aliphatic heterocycles. The minimum absolute atomic E-state index is 0.413. The fourth-order valence-corrected chi connectivity index (χ4v) is 0.875. The predicted octanol–water partition coefficient (Wildman–Crippen LogP) is 0.187. The first-order valence-corrected chi connectivity index (χ1v) is 3.90. The van der Waals surface area contributed by atoms with Gasteiger partial charge in [0.2, 0.25) is 0 Å². The Hall–Kier alpha value is -1.02. The quantitative estimate of drug-likeness (QED) is 0.541. The molecule has 4 nitrogen and oxygen atoms in total. The summed E-state index contributed by atoms with van der Waals surface area (Å²) in [5, 5.41) is 12.8. The molecule has 1 unspecified atom stereocenters. The first-order chi connectivity index (χ1) is 4.86. The minimum Gasteiger partial charge on any atom is -0.256 e. The molecule has 5 heteroatoms. The average Bonchev–Trinajstić information content (AvgIpc) is 2.05. The third kappa shape index (κ3) is 1.48. The van der Waals surface area contributed by atoms with Crippen molar-refractivity contribution in [3.05, 3.63) is 0 Å². The first kappa shape index (κ1) is 7.09. The molecule has 1 aliphatic rings. The lowest BCUT2D eigenvalue weighted by Crippen LogP contribution is -2.23. The van der Waals surface area contributed by atoms with Crippen LogP contribution in [0.4, 0.5) is 0 Å². The summed E-state index contributed by atoms with van der Waals surface area (Å²) in [6.45, 7) is 0. The number of hydrogen-bond donors (Lipinski definition) is 1. The Morgan fingerprint density at radius 1 is 1.90 bits per heavy atom. The third-order valence-electron chi connectivity index (χ3n) is 0.958. The number of nitriles is 1. The summed E-state index contributed by atoms with van der Waals surface area (Å²) in [5.74, 6) is 0. The van der Waals surface area contributed by atoms with E-state index < -0.39 is 6.04 Å². The highest BCUT2D eigenvalue weighted by atomic mass is 32.2. The van der Waals surface area contributed by atoms with Crippen LogP contribution in [0.25, 0.3) is 0 Å². The molecule has 0 fully saturated rings. The topological polar surface area (TPSA) is 60.5 Å². The molecule has 1 rings (SSSR count). The number of rotatable bonds is 0. The number of nitrogens with zero attached hydrogens (tertiary/aromatic N) is 3. The van der Waals surface area contributed by atoms with Gasteiger partial charge in [-0.15, -0.1) is 0 Å². The Bertz CT molecular complexity index is 214. The van der Waals surface area contributed by atoms with Gasteiger partial charge in [-0.3, -0.25) is 5.43 Å². The van der Waals surface area contributed by atoms with E-state index in [0.29, 0.717) is 5.17 Å². The molecule has 0 aromatic rings. The molecule has 1 atom stereocenters. The molecular weight excluding hydrogens is 148 g/mol. The fraction of sp³-hybridized carbons (Fsp3) is 0.400. The van der Waals surface area contributed by atoms with Crippen LogP contribution in [0.2, 0.25) is 0 Å². The number of aliphatic imine (C=N–C) groups is 1. The van der Waals surface area contributed by atoms with Crippen LogP contribution < -0.4 is 5.43 Å². The monoisotopic (exact) mass is 154 g/mol. The minimum atomic E-state index is -0.413. The second kappa shape index (κ2) is 3.22. The average molecular weight is 154 g/mol. The van der Waals surface area contributed by atoms with Gasteiger partial charge in [0.25, 0.3) is 0 Å². The van der Waals surface area contributed by atoms with Crippen molar-refractivity contribution in [2.24, 2.45) is 10.1 Å². The smallest absolute Gasteiger partial charge is 0.178 e. The highest BCUT2D eigenvalue weighted by Crippen LogP contribution is 2.00. The van der Waals surface area contributed by atoms with Crippen LogP contribution >= 0.6 is 11.8 Å². The lowest BCUT2D eigenvalue weighted by atomic mass is 10.4. The molecule has 0 aliphatic carbocycles. The molecule has 52 valence electrons. The zero-order chi connectivity index (χ0) is 7.40. The van der Waals surface area contributed by atoms with E-state index in [2.05, 4.69) is 15.5 Å². The highest BCUT2D eigenvalue weighted by molar-refractivity contribution is 8.13. The summed E-state index contributed by atoms with van der Waals surface area (Å²) in [6.07, 6.45) is 3.35. The Kier molecular flexibility index (Phi) is 2.29. The molecule has 0 saturated carbocycles. The molecule has 0 aromatic carbocycles. The summed E-state index contributed by atoms with van der Waals surface area (Å²) < 4.78 is 0. The summed E-state index contributed by atoms with van der Waals surface area (Å²) in [6, 6.07) is 1.56. The van der Waals surface area contributed by atoms with Gasteiger partial charge in [-0.25, -0.2) is 4.99 Å². The van der Waals surface area contributed by atoms with Crippen LogP contribution in [0.15, 0.2) is 10.1 Å². The number of hydrogen-bond acceptors (Lipinski definition) is 5. The standard InChI is InChI=1S/C5H6N4S/c1-10-5-8-4(2-6)3-7-9-5/h3-4H,1H3,(H,8,9). The van der Waals surface area contributed by atoms with Crippen molar-refractivity contribution in [2.75, 3.05) is 6.26 Å². The van der Waals surface area contributed by atoms with E-state index in [0.717, 1.165) is 0 Å². The van der Waals surface area contributed by atoms with Gasteiger partial charge < -0.3 is 0 Å². The maximum atomic E-state index is 8.42. The summed E-state index contributed by atoms with van der Waals surface area (Å²) >= 11 is 1.44. The van der Waals surface area contributed by atoms with Crippen LogP contribution in [0.1, 0.15) is 0 Å². The lowest BCUT2D eigenvalue weighted by Gasteiger charge is -2.07. The summed E-state index contributed by atoms with van der Waals surface area (Å²) in [4.78, 5) is 3.98. The van der Waals surface area contributed by atoms with E-state index >= 15 is 0 Å². The van der Waals surface area contributed by atoms with Gasteiger partial charge in [-0.2, -0.15) is 10.4 Å². The number of nitrogens with one attached hydrogen (secondary N) is 1. The number of thioether (sulfide) groups is 1. The Morgan fingerprint density at radius 3 is 3.30 bits per heavy atom. The van der Waals surface area contributed by atoms with Crippen molar-refractivity contribution in [1.82, 2.24) is 5.43 Å². The third-order valence-corrected chi connectivity index (χ3v) is 1.54. The molecule has 1 heterocycles. The summed E-state index contributed by atoms with van der Waals surface area (Å²) in [7, 11) is 0. The molecule has 0 radical (unpaired) electrons. The van der Waals surface area contributed by atoms with Crippen LogP contribution in [0.5, 0.6) is 0 Å². The lowest BCUT2D eigenvalue weighted by molar-refractivity contribution is 0.957. The van der Waals surface area contributed by atoms with E-state index in [4.69, 9.17) is 5.26 Å². The zero-order valence-corrected chi connectivity index (χ0v) is 6.22. The maximum Gasteiger partial charge on any atom is 0.178 e. The second-order valence-corrected chi connectivity index (χ2v) is 2.40. The van der Waals surface area contributed by atoms with Gasteiger partial charge >= 0.3 is 0 Å². The fourth-order valence-electron chi connectivity index (χ4n) is 0.512. The van der Waals surface area contributed by atoms with Crippen LogP contribution in [-0.4, -0.2) is 23.7 Å². The summed E-state index contributed by atoms with van der Waals surface area (Å²) in [5.41, 5.74) is 2.66. The Morgan fingerprint density at radius 2 is 2.70 bits per heavy atom. The Balaban J connectivity index is 2.65. The van der Waals surface area contributed by atoms with Crippen molar-refractivity contribution in [3.8, 4) is 6.07 Å². The van der Waals surface area contributed by atoms with Gasteiger partial charge in [0.15, 0.2) is 11.2 Å². The zero-order valence-electron chi connectivity index (χ0n) is 5.40. The van der Waals surface area contributed by atoms with Crippen molar-refractivity contribution in [3.63, 3.8) is 0 Å². The number of hydrazone groups is 1. The van der Waals surface area contributed by atoms with E-state index in [-0.39, 0.29) is 0 Å². The van der Waals surface area contributed by atoms with Gasteiger partial charge in [-0.05, 0) is 6.26 Å². The molecule has 0 aromatic heterocycles. The van der Waals surface area contributed by atoms with E-state index in [1.54, 1.807) is 0 Å². The van der Waals surface area contributed by atoms with E-state index in [1.807, 2.05) is 12.3 Å². The second-order valence-electron chi connectivity index (χ2n) is 1.60. The molecule has 0 bridgehead atoms. The van der Waals surface area contributed by atoms with Gasteiger partial charge in [0.1, 0.15) is 0 Å². The molecule has 1 N–H and O–H groups in total. The van der Waals surface area contributed by atoms with Crippen molar-refractivity contribution < 1.29 is 0 Å². The van der Waals surface area contributed by atoms with Crippen molar-refractivity contribution in [1.29, 1.82) is 5.26 Å². The van der Waals surface area contributed by atoms with Crippen LogP contribution in [-0.2, 0) is 0 Å². The van der Waals surface area contributed by atoms with Crippen molar-refractivity contribution in [2.45, 2.75) is 6.04 Å². The number of amidine groups is 1. The molecule has 0 saturated heterocycles. The highest BCUT2D eigenvalue weighted by Gasteiger charge is 2.07. The molecule has 0 amide bonds. The first-order valence-electron chi connectivity index (χ1n) is 2.67. The van der Waals surface area contributed by atoms with Crippen LogP contribution in [0.3, 0.4) is 0 Å². The van der Waals surface area contributed by atoms with Gasteiger partial charge in [0, 0.05) is 0 Å². The van der Waals surface area contributed by atoms with E-state index in [9.17, 15) is 0 Å². The van der Waals surface area contributed by atoms with Gasteiger partial charge in [0.05, 0.1) is 12.3 Å². The predicted molar refractivity (Wildman–Crippen MR) is 42.0 cm³/mol. The van der Waals surface area contributed by atoms with Crippen LogP contribution in [0, 0.1) is 11.3 Å². The molecule has 10 heavy (non-hydrogen) atoms. The maximum absolute atomic E-state index is 8.42. The molecular formula is C5H6N4S. The van der Waals surface area contributed by atoms with E-state index in [1.165, 1.54) is 18.0 Å². The normalized spacial score (nSPS) is 22.8.